The molecule has 13 heavy (non-hydrogen) atoms. The summed E-state index contributed by atoms with van der Waals surface area (Å²) in [5.74, 6) is 0.321. The molecule has 0 bridgehead atoms. The molecule has 0 heterocycles. The third-order valence-corrected chi connectivity index (χ3v) is 1.21. The molecular formula is C9H10BrFOZn. The fourth-order valence-electron chi connectivity index (χ4n) is 0.693. The molecule has 1 rings (SSSR count). The average Bonchev–Trinajstić information content (AvgIpc) is 2.20. The molecule has 0 saturated heterocycles. The molecule has 0 amide bonds. The third-order valence-electron chi connectivity index (χ3n) is 1.21. The van der Waals surface area contributed by atoms with E-state index in [9.17, 15) is 4.39 Å². The van der Waals surface area contributed by atoms with Gasteiger partial charge in [0.25, 0.3) is 0 Å². The molecule has 0 fully saturated rings. The second-order valence-electron chi connectivity index (χ2n) is 2.22. The summed E-state index contributed by atoms with van der Waals surface area (Å²) in [4.78, 5) is 0. The predicted molar refractivity (Wildman–Crippen MR) is 49.9 cm³/mol. The Kier molecular flexibility index (Phi) is 8.68. The van der Waals surface area contributed by atoms with Crippen LogP contribution in [-0.2, 0) is 16.3 Å². The summed E-state index contributed by atoms with van der Waals surface area (Å²) in [5.41, 5.74) is 0. The van der Waals surface area contributed by atoms with Crippen molar-refractivity contribution < 1.29 is 25.5 Å². The molecule has 0 aliphatic heterocycles. The summed E-state index contributed by atoms with van der Waals surface area (Å²) in [6.45, 7) is 2.67. The van der Waals surface area contributed by atoms with Gasteiger partial charge in [-0.1, -0.05) is 6.92 Å². The van der Waals surface area contributed by atoms with Gasteiger partial charge in [0.1, 0.15) is 0 Å². The van der Waals surface area contributed by atoms with Crippen molar-refractivity contribution in [3.63, 3.8) is 0 Å². The van der Waals surface area contributed by atoms with Crippen molar-refractivity contribution in [2.45, 2.75) is 13.3 Å². The summed E-state index contributed by atoms with van der Waals surface area (Å²) >= 11 is 4.25. The van der Waals surface area contributed by atoms with E-state index in [0.717, 1.165) is 6.42 Å². The van der Waals surface area contributed by atoms with Gasteiger partial charge in [-0.2, -0.15) is 0 Å². The standard InChI is InChI=1S/C9H10FO.BrH.Zn/c1-2-7-11-9-5-3-8(10)4-6-9;;/h3-5H,2,7H2,1H3;1H;/q-1;;+2/p-1. The van der Waals surface area contributed by atoms with Gasteiger partial charge in [0.05, 0.1) is 6.61 Å². The normalized spacial score (nSPS) is 8.69. The number of hydrogen-bond acceptors (Lipinski definition) is 1. The molecule has 0 saturated carbocycles. The molecule has 1 nitrogen and oxygen atoms in total. The molecule has 0 radical (unpaired) electrons. The molecule has 1 aromatic rings. The summed E-state index contributed by atoms with van der Waals surface area (Å²) in [5, 5.41) is 0. The maximum absolute atomic E-state index is 12.3. The second-order valence-corrected chi connectivity index (χ2v) is 2.22. The predicted octanol–water partition coefficient (Wildman–Crippen LogP) is 3.26. The first-order chi connectivity index (χ1) is 6.33. The van der Waals surface area contributed by atoms with E-state index >= 15 is 0 Å². The van der Waals surface area contributed by atoms with Crippen molar-refractivity contribution in [3.8, 4) is 5.75 Å². The van der Waals surface area contributed by atoms with Crippen molar-refractivity contribution in [2.24, 2.45) is 0 Å². The molecule has 68 valence electrons. The Balaban J connectivity index is 0.000000671. The van der Waals surface area contributed by atoms with E-state index in [1.807, 2.05) is 6.92 Å². The van der Waals surface area contributed by atoms with Crippen LogP contribution in [0.15, 0.2) is 18.2 Å². The summed E-state index contributed by atoms with van der Waals surface area (Å²) in [7, 11) is 0. The van der Waals surface area contributed by atoms with Gasteiger partial charge in [-0.25, -0.2) is 0 Å². The van der Waals surface area contributed by atoms with E-state index in [4.69, 9.17) is 4.74 Å². The molecule has 4 heteroatoms. The van der Waals surface area contributed by atoms with Crippen LogP contribution in [-0.4, -0.2) is 6.61 Å². The molecule has 0 N–H and O–H groups in total. The number of benzene rings is 1. The zero-order valence-electron chi connectivity index (χ0n) is 7.52. The molecule has 0 atom stereocenters. The van der Waals surface area contributed by atoms with E-state index < -0.39 is 0 Å². The number of rotatable bonds is 3. The number of halogens is 2. The Morgan fingerprint density at radius 1 is 1.54 bits per heavy atom. The fraction of sp³-hybridized carbons (Fsp3) is 0.333. The first-order valence-electron chi connectivity index (χ1n) is 3.89. The topological polar surface area (TPSA) is 9.23 Å². The van der Waals surface area contributed by atoms with Gasteiger partial charge < -0.3 is 4.74 Å². The molecular weight excluding hydrogens is 288 g/mol. The Labute approximate surface area is 94.7 Å². The van der Waals surface area contributed by atoms with Gasteiger partial charge in [-0.05, 0) is 6.42 Å². The van der Waals surface area contributed by atoms with Crippen LogP contribution in [0, 0.1) is 11.9 Å². The first-order valence-corrected chi connectivity index (χ1v) is 10.8. The van der Waals surface area contributed by atoms with Crippen LogP contribution < -0.4 is 4.74 Å². The Morgan fingerprint density at radius 3 is 2.69 bits per heavy atom. The summed E-state index contributed by atoms with van der Waals surface area (Å²) in [6, 6.07) is 6.88. The molecule has 0 aliphatic carbocycles. The monoisotopic (exact) mass is 296 g/mol. The van der Waals surface area contributed by atoms with Crippen LogP contribution >= 0.6 is 13.6 Å². The number of hydrogen-bond donors (Lipinski definition) is 0. The van der Waals surface area contributed by atoms with Crippen molar-refractivity contribution in [1.29, 1.82) is 0 Å². The SMILES string of the molecule is CCCOc1[c-]cc(F)cc1.[Zn+][Br]. The zero-order valence-corrected chi connectivity index (χ0v) is 12.1. The minimum absolute atomic E-state index is 0.283. The Morgan fingerprint density at radius 2 is 2.23 bits per heavy atom. The van der Waals surface area contributed by atoms with Gasteiger partial charge in [0.15, 0.2) is 0 Å². The Hall–Kier alpha value is 0.0534. The van der Waals surface area contributed by atoms with Gasteiger partial charge in [-0.3, -0.25) is 4.39 Å². The van der Waals surface area contributed by atoms with Crippen LogP contribution in [0.5, 0.6) is 5.75 Å². The number of ether oxygens (including phenoxy) is 1. The van der Waals surface area contributed by atoms with Crippen LogP contribution in [0.4, 0.5) is 4.39 Å². The maximum atomic E-state index is 12.3. The zero-order chi connectivity index (χ0) is 10.1. The van der Waals surface area contributed by atoms with Crippen molar-refractivity contribution in [3.05, 3.63) is 30.1 Å². The Bertz CT molecular complexity index is 215. The fourth-order valence-corrected chi connectivity index (χ4v) is 0.693. The van der Waals surface area contributed by atoms with Crippen molar-refractivity contribution >= 4 is 13.6 Å². The summed E-state index contributed by atoms with van der Waals surface area (Å²) < 4.78 is 17.5. The average molecular weight is 298 g/mol. The van der Waals surface area contributed by atoms with Gasteiger partial charge in [0, 0.05) is 11.6 Å². The van der Waals surface area contributed by atoms with Crippen LogP contribution in [0.1, 0.15) is 13.3 Å². The molecule has 0 spiro atoms. The van der Waals surface area contributed by atoms with Gasteiger partial charge in [-0.15, -0.1) is 24.3 Å². The van der Waals surface area contributed by atoms with E-state index in [0.29, 0.717) is 12.4 Å². The quantitative estimate of drug-likeness (QED) is 0.615. The minimum atomic E-state index is -0.283. The molecule has 0 aromatic heterocycles. The van der Waals surface area contributed by atoms with Gasteiger partial charge >= 0.3 is 30.0 Å². The van der Waals surface area contributed by atoms with E-state index in [-0.39, 0.29) is 5.82 Å². The molecule has 1 aromatic carbocycles. The first kappa shape index (κ1) is 13.1. The molecule has 0 unspecified atom stereocenters. The second kappa shape index (κ2) is 8.64. The van der Waals surface area contributed by atoms with E-state index in [1.165, 1.54) is 28.5 Å². The third kappa shape index (κ3) is 6.17. The summed E-state index contributed by atoms with van der Waals surface area (Å²) in [6.07, 6.45) is 0.950. The van der Waals surface area contributed by atoms with Crippen LogP contribution in [0.3, 0.4) is 0 Å². The van der Waals surface area contributed by atoms with Crippen molar-refractivity contribution in [2.75, 3.05) is 6.61 Å². The van der Waals surface area contributed by atoms with E-state index in [1.54, 1.807) is 6.07 Å². The van der Waals surface area contributed by atoms with Crippen molar-refractivity contribution in [1.82, 2.24) is 0 Å². The van der Waals surface area contributed by atoms with E-state index in [2.05, 4.69) is 19.7 Å². The molecule has 0 aliphatic rings. The van der Waals surface area contributed by atoms with Crippen LogP contribution in [0.25, 0.3) is 0 Å². The van der Waals surface area contributed by atoms with Crippen LogP contribution in [0.2, 0.25) is 0 Å². The van der Waals surface area contributed by atoms with Gasteiger partial charge in [0.2, 0.25) is 0 Å².